The molecule has 3 fully saturated rings. The zero-order chi connectivity index (χ0) is 17.1. The Morgan fingerprint density at radius 3 is 2.71 bits per heavy atom. The molecule has 0 aromatic rings. The van der Waals surface area contributed by atoms with Gasteiger partial charge in [-0.3, -0.25) is 9.59 Å². The first-order valence-corrected chi connectivity index (χ1v) is 9.57. The molecule has 7 atom stereocenters. The van der Waals surface area contributed by atoms with Crippen LogP contribution in [0.2, 0.25) is 0 Å². The third kappa shape index (κ3) is 1.98. The average Bonchev–Trinajstić information content (AvgIpc) is 2.89. The van der Waals surface area contributed by atoms with Crippen LogP contribution >= 0.6 is 0 Å². The summed E-state index contributed by atoms with van der Waals surface area (Å²) in [4.78, 5) is 25.1. The summed E-state index contributed by atoms with van der Waals surface area (Å²) < 4.78 is 0. The molecule has 3 aliphatic carbocycles. The van der Waals surface area contributed by atoms with E-state index in [0.717, 1.165) is 25.2 Å². The van der Waals surface area contributed by atoms with Crippen molar-refractivity contribution >= 4 is 12.3 Å². The molecule has 1 aliphatic heterocycles. The Hall–Kier alpha value is -1.32. The molecular formula is C20H30N2O2. The molecule has 2 amide bonds. The highest BCUT2D eigenvalue weighted by atomic mass is 16.2. The van der Waals surface area contributed by atoms with Crippen LogP contribution in [0.1, 0.15) is 52.4 Å². The summed E-state index contributed by atoms with van der Waals surface area (Å²) in [6.45, 7) is 4.79. The molecule has 4 aliphatic rings. The Morgan fingerprint density at radius 1 is 1.17 bits per heavy atom. The van der Waals surface area contributed by atoms with Crippen LogP contribution in [0.4, 0.5) is 0 Å². The maximum atomic E-state index is 12.1. The minimum Gasteiger partial charge on any atom is -0.355 e. The van der Waals surface area contributed by atoms with Gasteiger partial charge in [0.15, 0.2) is 0 Å². The van der Waals surface area contributed by atoms with E-state index in [1.165, 1.54) is 25.7 Å². The van der Waals surface area contributed by atoms with Gasteiger partial charge >= 0.3 is 0 Å². The number of carbonyl (C=O) groups excluding carboxylic acids is 2. The zero-order valence-corrected chi connectivity index (χ0v) is 15.1. The van der Waals surface area contributed by atoms with Gasteiger partial charge in [0.25, 0.3) is 0 Å². The monoisotopic (exact) mass is 330 g/mol. The predicted octanol–water partition coefficient (Wildman–Crippen LogP) is 2.74. The SMILES string of the molecule is CN1C(=O)C=C[C@@]2(C)C1CC[C@@H]1[C@H]2CC[C@]2(C)C(NC=O)CC[C@@H]12. The van der Waals surface area contributed by atoms with Gasteiger partial charge in [-0.25, -0.2) is 0 Å². The fourth-order valence-corrected chi connectivity index (χ4v) is 7.09. The number of nitrogens with zero attached hydrogens (tertiary/aromatic N) is 1. The normalized spacial score (nSPS) is 50.0. The second-order valence-corrected chi connectivity index (χ2v) is 9.08. The first kappa shape index (κ1) is 16.2. The van der Waals surface area contributed by atoms with Crippen LogP contribution in [0.3, 0.4) is 0 Å². The first-order valence-electron chi connectivity index (χ1n) is 9.57. The van der Waals surface area contributed by atoms with Gasteiger partial charge in [0.1, 0.15) is 0 Å². The van der Waals surface area contributed by atoms with Crippen LogP contribution in [0, 0.1) is 28.6 Å². The Balaban J connectivity index is 1.65. The van der Waals surface area contributed by atoms with Gasteiger partial charge in [-0.15, -0.1) is 0 Å². The average molecular weight is 330 g/mol. The van der Waals surface area contributed by atoms with Crippen LogP contribution < -0.4 is 5.32 Å². The Labute approximate surface area is 145 Å². The number of hydrogen-bond acceptors (Lipinski definition) is 2. The number of carbonyl (C=O) groups is 2. The third-order valence-electron chi connectivity index (χ3n) is 8.40. The standard InChI is InChI=1S/C20H30N2O2/c1-19-10-8-15-13(14(19)5-6-16(19)21-12-23)4-7-17-20(15,2)11-9-18(24)22(17)3/h9,11-17H,4-8,10H2,1-3H3,(H,21,23)/t13-,14-,15+,16?,17?,19-,20+/m0/s1. The van der Waals surface area contributed by atoms with Crippen molar-refractivity contribution in [2.75, 3.05) is 7.05 Å². The van der Waals surface area contributed by atoms with E-state index in [4.69, 9.17) is 0 Å². The molecule has 1 heterocycles. The first-order chi connectivity index (χ1) is 11.4. The molecule has 0 aromatic heterocycles. The summed E-state index contributed by atoms with van der Waals surface area (Å²) in [5.74, 6) is 2.27. The van der Waals surface area contributed by atoms with Gasteiger partial charge in [-0.2, -0.15) is 0 Å². The van der Waals surface area contributed by atoms with Crippen LogP contribution in [-0.4, -0.2) is 36.3 Å². The molecule has 0 aromatic carbocycles. The van der Waals surface area contributed by atoms with Crippen molar-refractivity contribution in [2.24, 2.45) is 28.6 Å². The zero-order valence-electron chi connectivity index (χ0n) is 15.1. The summed E-state index contributed by atoms with van der Waals surface area (Å²) in [7, 11) is 1.97. The molecule has 4 rings (SSSR count). The number of nitrogens with one attached hydrogen (secondary N) is 1. The number of amides is 2. The Morgan fingerprint density at radius 2 is 1.96 bits per heavy atom. The van der Waals surface area contributed by atoms with Gasteiger partial charge in [0.2, 0.25) is 12.3 Å². The van der Waals surface area contributed by atoms with E-state index in [1.807, 2.05) is 11.9 Å². The molecule has 0 bridgehead atoms. The van der Waals surface area contributed by atoms with Gasteiger partial charge < -0.3 is 10.2 Å². The van der Waals surface area contributed by atoms with Crippen LogP contribution in [0.5, 0.6) is 0 Å². The maximum absolute atomic E-state index is 12.1. The molecule has 1 N–H and O–H groups in total. The van der Waals surface area contributed by atoms with Crippen molar-refractivity contribution in [1.29, 1.82) is 0 Å². The minimum atomic E-state index is 0.114. The fourth-order valence-electron chi connectivity index (χ4n) is 7.09. The van der Waals surface area contributed by atoms with E-state index < -0.39 is 0 Å². The highest BCUT2D eigenvalue weighted by molar-refractivity contribution is 5.89. The lowest BCUT2D eigenvalue weighted by molar-refractivity contribution is -0.138. The van der Waals surface area contributed by atoms with E-state index in [1.54, 1.807) is 6.08 Å². The smallest absolute Gasteiger partial charge is 0.246 e. The molecular weight excluding hydrogens is 300 g/mol. The van der Waals surface area contributed by atoms with Gasteiger partial charge in [0, 0.05) is 24.5 Å². The predicted molar refractivity (Wildman–Crippen MR) is 93.1 cm³/mol. The molecule has 2 unspecified atom stereocenters. The lowest BCUT2D eigenvalue weighted by Gasteiger charge is -2.60. The topological polar surface area (TPSA) is 49.4 Å². The molecule has 3 saturated carbocycles. The second-order valence-electron chi connectivity index (χ2n) is 9.08. The van der Waals surface area contributed by atoms with E-state index in [2.05, 4.69) is 25.2 Å². The highest BCUT2D eigenvalue weighted by Gasteiger charge is 2.60. The lowest BCUT2D eigenvalue weighted by Crippen LogP contribution is -2.60. The van der Waals surface area contributed by atoms with Crippen LogP contribution in [-0.2, 0) is 9.59 Å². The summed E-state index contributed by atoms with van der Waals surface area (Å²) in [6.07, 6.45) is 12.0. The summed E-state index contributed by atoms with van der Waals surface area (Å²) in [5, 5.41) is 3.11. The van der Waals surface area contributed by atoms with Crippen molar-refractivity contribution in [2.45, 2.75) is 64.5 Å². The number of hydrogen-bond donors (Lipinski definition) is 1. The second kappa shape index (κ2) is 5.34. The minimum absolute atomic E-state index is 0.114. The van der Waals surface area contributed by atoms with Crippen LogP contribution in [0.15, 0.2) is 12.2 Å². The molecule has 0 saturated heterocycles. The quantitative estimate of drug-likeness (QED) is 0.792. The maximum Gasteiger partial charge on any atom is 0.246 e. The summed E-state index contributed by atoms with van der Waals surface area (Å²) in [6, 6.07) is 0.698. The molecule has 0 spiro atoms. The lowest BCUT2D eigenvalue weighted by atomic mass is 9.48. The molecule has 4 heteroatoms. The van der Waals surface area contributed by atoms with Gasteiger partial charge in [-0.05, 0) is 67.8 Å². The van der Waals surface area contributed by atoms with Crippen molar-refractivity contribution in [1.82, 2.24) is 10.2 Å². The van der Waals surface area contributed by atoms with Crippen molar-refractivity contribution in [3.63, 3.8) is 0 Å². The Bertz CT molecular complexity index is 588. The highest BCUT2D eigenvalue weighted by Crippen LogP contribution is 2.63. The largest absolute Gasteiger partial charge is 0.355 e. The fraction of sp³-hybridized carbons (Fsp3) is 0.800. The van der Waals surface area contributed by atoms with Gasteiger partial charge in [0.05, 0.1) is 0 Å². The van der Waals surface area contributed by atoms with E-state index in [0.29, 0.717) is 23.9 Å². The molecule has 0 radical (unpaired) electrons. The van der Waals surface area contributed by atoms with E-state index >= 15 is 0 Å². The Kier molecular flexibility index (Phi) is 3.59. The number of likely N-dealkylation sites (N-methyl/N-ethyl adjacent to an activating group) is 1. The summed E-state index contributed by atoms with van der Waals surface area (Å²) in [5.41, 5.74) is 0.370. The number of fused-ring (bicyclic) bond motifs is 5. The van der Waals surface area contributed by atoms with E-state index in [-0.39, 0.29) is 16.7 Å². The number of rotatable bonds is 2. The van der Waals surface area contributed by atoms with E-state index in [9.17, 15) is 9.59 Å². The molecule has 132 valence electrons. The molecule has 4 nitrogen and oxygen atoms in total. The molecule has 24 heavy (non-hydrogen) atoms. The third-order valence-corrected chi connectivity index (χ3v) is 8.40. The van der Waals surface area contributed by atoms with Crippen molar-refractivity contribution in [3.8, 4) is 0 Å². The summed E-state index contributed by atoms with van der Waals surface area (Å²) >= 11 is 0. The van der Waals surface area contributed by atoms with Crippen molar-refractivity contribution in [3.05, 3.63) is 12.2 Å². The van der Waals surface area contributed by atoms with Crippen LogP contribution in [0.25, 0.3) is 0 Å². The van der Waals surface area contributed by atoms with Crippen molar-refractivity contribution < 1.29 is 9.59 Å². The van der Waals surface area contributed by atoms with Gasteiger partial charge in [-0.1, -0.05) is 19.9 Å².